The van der Waals surface area contributed by atoms with Gasteiger partial charge in [-0.1, -0.05) is 0 Å². The summed E-state index contributed by atoms with van der Waals surface area (Å²) in [5.41, 5.74) is -0.436. The van der Waals surface area contributed by atoms with Crippen LogP contribution in [-0.2, 0) is 14.1 Å². The predicted octanol–water partition coefficient (Wildman–Crippen LogP) is 3.00. The molecule has 3 aromatic heterocycles. The highest BCUT2D eigenvalue weighted by Crippen LogP contribution is 2.37. The van der Waals surface area contributed by atoms with E-state index in [0.29, 0.717) is 24.7 Å². The Kier molecular flexibility index (Phi) is 7.00. The minimum Gasteiger partial charge on any atom is -0.474 e. The Morgan fingerprint density at radius 2 is 1.92 bits per heavy atom. The second-order valence-corrected chi connectivity index (χ2v) is 9.14. The number of hydrogen-bond donors (Lipinski definition) is 2. The Hall–Kier alpha value is -3.67. The zero-order valence-electron chi connectivity index (χ0n) is 20.3. The quantitative estimate of drug-likeness (QED) is 0.440. The normalized spacial score (nSPS) is 16.7. The van der Waals surface area contributed by atoms with Gasteiger partial charge in [-0.25, -0.2) is 19.3 Å². The van der Waals surface area contributed by atoms with Gasteiger partial charge in [0.2, 0.25) is 5.95 Å². The molecule has 5 heterocycles. The third-order valence-corrected chi connectivity index (χ3v) is 5.90. The third-order valence-electron chi connectivity index (χ3n) is 5.75. The fourth-order valence-corrected chi connectivity index (χ4v) is 4.07. The lowest BCUT2D eigenvalue weighted by Gasteiger charge is -2.37. The summed E-state index contributed by atoms with van der Waals surface area (Å²) in [7, 11) is 2.10. The number of halogens is 1. The van der Waals surface area contributed by atoms with Gasteiger partial charge in [-0.3, -0.25) is 9.69 Å². The van der Waals surface area contributed by atoms with Crippen molar-refractivity contribution in [2.24, 2.45) is 0 Å². The monoisotopic (exact) mass is 528 g/mol. The number of pyridine rings is 2. The van der Waals surface area contributed by atoms with E-state index in [9.17, 15) is 9.18 Å². The molecule has 0 bridgehead atoms. The summed E-state index contributed by atoms with van der Waals surface area (Å²) in [5.74, 6) is 0.822. The van der Waals surface area contributed by atoms with Crippen LogP contribution < -0.4 is 25.2 Å². The Bertz CT molecular complexity index is 1290. The molecule has 0 aromatic carbocycles. The van der Waals surface area contributed by atoms with E-state index in [1.807, 2.05) is 12.1 Å². The summed E-state index contributed by atoms with van der Waals surface area (Å²) in [6.07, 6.45) is 2.71. The number of nitrogens with zero attached hydrogens (tertiary/aromatic N) is 6. The van der Waals surface area contributed by atoms with Gasteiger partial charge in [0.25, 0.3) is 5.91 Å². The van der Waals surface area contributed by atoms with Crippen molar-refractivity contribution in [3.63, 3.8) is 0 Å². The summed E-state index contributed by atoms with van der Waals surface area (Å²) >= 11 is 0. The molecule has 0 saturated carbocycles. The summed E-state index contributed by atoms with van der Waals surface area (Å²) in [6, 6.07) is 6.99. The SMILES string of the molecule is CC1(C)Oc2ccc(Nc3nc(Nc4ccc(N5CCOCC5)nc4)ncc3F)nc2N(COP)C1=O. The molecule has 2 N–H and O–H groups in total. The molecule has 5 rings (SSSR count). The molecular formula is C23H26FN8O4P. The molecule has 1 fully saturated rings. The fraction of sp³-hybridized carbons (Fsp3) is 0.348. The first-order chi connectivity index (χ1) is 17.8. The van der Waals surface area contributed by atoms with Crippen LogP contribution in [0.25, 0.3) is 0 Å². The molecule has 2 aliphatic rings. The van der Waals surface area contributed by atoms with E-state index in [4.69, 9.17) is 14.0 Å². The van der Waals surface area contributed by atoms with Gasteiger partial charge in [0.1, 0.15) is 18.4 Å². The first-order valence-corrected chi connectivity index (χ1v) is 12.0. The lowest BCUT2D eigenvalue weighted by molar-refractivity contribution is -0.133. The maximum absolute atomic E-state index is 14.6. The maximum atomic E-state index is 14.6. The molecule has 1 unspecified atom stereocenters. The van der Waals surface area contributed by atoms with Gasteiger partial charge in [-0.05, 0) is 38.1 Å². The molecule has 2 aliphatic heterocycles. The lowest BCUT2D eigenvalue weighted by Crippen LogP contribution is -2.53. The van der Waals surface area contributed by atoms with Crippen molar-refractivity contribution >= 4 is 50.3 Å². The van der Waals surface area contributed by atoms with Crippen molar-refractivity contribution in [1.82, 2.24) is 19.9 Å². The van der Waals surface area contributed by atoms with E-state index in [1.165, 1.54) is 4.90 Å². The molecule has 0 radical (unpaired) electrons. The lowest BCUT2D eigenvalue weighted by atomic mass is 10.1. The Morgan fingerprint density at radius 1 is 1.11 bits per heavy atom. The molecule has 1 amide bonds. The maximum Gasteiger partial charge on any atom is 0.273 e. The molecule has 0 aliphatic carbocycles. The number of ether oxygens (including phenoxy) is 2. The number of morpholine rings is 1. The van der Waals surface area contributed by atoms with Crippen LogP contribution in [-0.4, -0.2) is 64.5 Å². The molecule has 3 aromatic rings. The highest BCUT2D eigenvalue weighted by atomic mass is 31.0. The van der Waals surface area contributed by atoms with Crippen LogP contribution in [0, 0.1) is 5.82 Å². The fourth-order valence-electron chi connectivity index (χ4n) is 3.92. The number of anilines is 6. The van der Waals surface area contributed by atoms with E-state index in [1.54, 1.807) is 32.2 Å². The van der Waals surface area contributed by atoms with Gasteiger partial charge in [0, 0.05) is 22.6 Å². The molecule has 14 heteroatoms. The second-order valence-electron chi connectivity index (χ2n) is 8.80. The summed E-state index contributed by atoms with van der Waals surface area (Å²) in [4.78, 5) is 33.5. The summed E-state index contributed by atoms with van der Waals surface area (Å²) in [6.45, 7) is 6.19. The smallest absolute Gasteiger partial charge is 0.273 e. The molecule has 194 valence electrons. The molecule has 37 heavy (non-hydrogen) atoms. The third kappa shape index (κ3) is 5.38. The van der Waals surface area contributed by atoms with E-state index >= 15 is 0 Å². The molecule has 1 atom stereocenters. The van der Waals surface area contributed by atoms with Gasteiger partial charge in [0.05, 0.1) is 31.3 Å². The molecule has 1 saturated heterocycles. The van der Waals surface area contributed by atoms with Gasteiger partial charge in [-0.2, -0.15) is 4.98 Å². The van der Waals surface area contributed by atoms with Crippen LogP contribution in [0.5, 0.6) is 5.75 Å². The van der Waals surface area contributed by atoms with Gasteiger partial charge >= 0.3 is 0 Å². The first-order valence-electron chi connectivity index (χ1n) is 11.5. The highest BCUT2D eigenvalue weighted by molar-refractivity contribution is 7.09. The average Bonchev–Trinajstić information content (AvgIpc) is 2.90. The van der Waals surface area contributed by atoms with Crippen LogP contribution in [0.3, 0.4) is 0 Å². The van der Waals surface area contributed by atoms with Gasteiger partial charge < -0.3 is 29.5 Å². The number of nitrogens with one attached hydrogen (secondary N) is 2. The molecule has 12 nitrogen and oxygen atoms in total. The predicted molar refractivity (Wildman–Crippen MR) is 138 cm³/mol. The van der Waals surface area contributed by atoms with Crippen molar-refractivity contribution in [2.75, 3.05) is 53.5 Å². The van der Waals surface area contributed by atoms with E-state index in [-0.39, 0.29) is 36.0 Å². The largest absolute Gasteiger partial charge is 0.474 e. The number of rotatable bonds is 7. The number of amides is 1. The summed E-state index contributed by atoms with van der Waals surface area (Å²) in [5, 5.41) is 5.88. The summed E-state index contributed by atoms with van der Waals surface area (Å²) < 4.78 is 30.8. The highest BCUT2D eigenvalue weighted by Gasteiger charge is 2.42. The van der Waals surface area contributed by atoms with Crippen molar-refractivity contribution in [2.45, 2.75) is 19.4 Å². The first kappa shape index (κ1) is 25.0. The zero-order valence-corrected chi connectivity index (χ0v) is 21.4. The van der Waals surface area contributed by atoms with Crippen molar-refractivity contribution in [3.8, 4) is 5.75 Å². The van der Waals surface area contributed by atoms with Crippen molar-refractivity contribution < 1.29 is 23.2 Å². The van der Waals surface area contributed by atoms with Crippen LogP contribution in [0.1, 0.15) is 13.8 Å². The molecular weight excluding hydrogens is 502 g/mol. The Balaban J connectivity index is 1.33. The van der Waals surface area contributed by atoms with Crippen LogP contribution >= 0.6 is 9.47 Å². The Morgan fingerprint density at radius 3 is 2.65 bits per heavy atom. The van der Waals surface area contributed by atoms with Crippen LogP contribution in [0.4, 0.5) is 39.3 Å². The van der Waals surface area contributed by atoms with Gasteiger partial charge in [-0.15, -0.1) is 0 Å². The van der Waals surface area contributed by atoms with Gasteiger partial charge in [0.15, 0.2) is 28.8 Å². The second kappa shape index (κ2) is 10.4. The van der Waals surface area contributed by atoms with Crippen LogP contribution in [0.15, 0.2) is 36.7 Å². The Labute approximate surface area is 214 Å². The van der Waals surface area contributed by atoms with E-state index in [2.05, 4.69) is 44.9 Å². The number of hydrogen-bond acceptors (Lipinski definition) is 11. The molecule has 0 spiro atoms. The van der Waals surface area contributed by atoms with Crippen LogP contribution in [0.2, 0.25) is 0 Å². The van der Waals surface area contributed by atoms with Crippen molar-refractivity contribution in [3.05, 3.63) is 42.5 Å². The van der Waals surface area contributed by atoms with Crippen molar-refractivity contribution in [1.29, 1.82) is 0 Å². The number of carbonyl (C=O) groups is 1. The number of carbonyl (C=O) groups excluding carboxylic acids is 1. The van der Waals surface area contributed by atoms with E-state index < -0.39 is 11.4 Å². The number of aromatic nitrogens is 4. The minimum atomic E-state index is -1.08. The minimum absolute atomic E-state index is 0.0476. The van der Waals surface area contributed by atoms with E-state index in [0.717, 1.165) is 25.1 Å². The number of fused-ring (bicyclic) bond motifs is 1. The standard InChI is InChI=1S/C23H26FN8O4P/c1-23(2)21(33)32(13-35-37)20-16(36-23)4-5-17(29-20)28-19-15(24)12-26-22(30-19)27-14-3-6-18(25-11-14)31-7-9-34-10-8-31/h3-6,11-12H,7-10,13,37H2,1-2H3,(H2,26,27,28,29,30). The average molecular weight is 528 g/mol. The zero-order chi connectivity index (χ0) is 26.0. The topological polar surface area (TPSA) is 127 Å².